The fourth-order valence-electron chi connectivity index (χ4n) is 1.59. The first-order valence-electron chi connectivity index (χ1n) is 6.00. The molecule has 1 aromatic carbocycles. The SMILES string of the molecule is CCC(C)C(C)NCc1ccc(C#N)cc1F. The Labute approximate surface area is 102 Å². The Morgan fingerprint density at radius 3 is 2.65 bits per heavy atom. The van der Waals surface area contributed by atoms with Crippen LogP contribution >= 0.6 is 0 Å². The van der Waals surface area contributed by atoms with Crippen molar-refractivity contribution in [2.24, 2.45) is 5.92 Å². The van der Waals surface area contributed by atoms with E-state index < -0.39 is 0 Å². The highest BCUT2D eigenvalue weighted by atomic mass is 19.1. The number of hydrogen-bond donors (Lipinski definition) is 1. The van der Waals surface area contributed by atoms with E-state index in [1.165, 1.54) is 6.07 Å². The van der Waals surface area contributed by atoms with E-state index in [9.17, 15) is 4.39 Å². The van der Waals surface area contributed by atoms with Gasteiger partial charge in [0.25, 0.3) is 0 Å². The third kappa shape index (κ3) is 3.83. The molecule has 17 heavy (non-hydrogen) atoms. The van der Waals surface area contributed by atoms with E-state index in [4.69, 9.17) is 5.26 Å². The molecule has 3 heteroatoms. The molecule has 92 valence electrons. The van der Waals surface area contributed by atoms with Crippen LogP contribution in [0.5, 0.6) is 0 Å². The van der Waals surface area contributed by atoms with Gasteiger partial charge >= 0.3 is 0 Å². The van der Waals surface area contributed by atoms with Crippen molar-refractivity contribution >= 4 is 0 Å². The van der Waals surface area contributed by atoms with E-state index in [2.05, 4.69) is 26.1 Å². The Morgan fingerprint density at radius 1 is 1.41 bits per heavy atom. The second kappa shape index (κ2) is 6.36. The molecular weight excluding hydrogens is 215 g/mol. The molecule has 0 spiro atoms. The summed E-state index contributed by atoms with van der Waals surface area (Å²) in [5.74, 6) is 0.254. The van der Waals surface area contributed by atoms with E-state index in [1.807, 2.05) is 6.07 Å². The smallest absolute Gasteiger partial charge is 0.129 e. The zero-order valence-electron chi connectivity index (χ0n) is 10.6. The minimum absolute atomic E-state index is 0.312. The van der Waals surface area contributed by atoms with E-state index in [1.54, 1.807) is 12.1 Å². The largest absolute Gasteiger partial charge is 0.310 e. The fourth-order valence-corrected chi connectivity index (χ4v) is 1.59. The first-order chi connectivity index (χ1) is 8.08. The minimum atomic E-state index is -0.312. The van der Waals surface area contributed by atoms with Gasteiger partial charge in [-0.3, -0.25) is 0 Å². The zero-order chi connectivity index (χ0) is 12.8. The Morgan fingerprint density at radius 2 is 2.12 bits per heavy atom. The molecule has 1 aromatic rings. The molecule has 2 atom stereocenters. The van der Waals surface area contributed by atoms with Gasteiger partial charge in [-0.05, 0) is 25.0 Å². The molecular formula is C14H19FN2. The third-order valence-corrected chi connectivity index (χ3v) is 3.29. The molecule has 0 fully saturated rings. The van der Waals surface area contributed by atoms with Gasteiger partial charge in [0.15, 0.2) is 0 Å². The van der Waals surface area contributed by atoms with Crippen LogP contribution in [0.1, 0.15) is 38.3 Å². The monoisotopic (exact) mass is 234 g/mol. The summed E-state index contributed by atoms with van der Waals surface area (Å²) >= 11 is 0. The molecule has 0 aliphatic carbocycles. The Hall–Kier alpha value is -1.40. The van der Waals surface area contributed by atoms with Gasteiger partial charge in [0.1, 0.15) is 5.82 Å². The molecule has 0 heterocycles. The lowest BCUT2D eigenvalue weighted by molar-refractivity contribution is 0.386. The van der Waals surface area contributed by atoms with Crippen LogP contribution < -0.4 is 5.32 Å². The van der Waals surface area contributed by atoms with E-state index in [-0.39, 0.29) is 5.82 Å². The lowest BCUT2D eigenvalue weighted by Gasteiger charge is -2.20. The first kappa shape index (κ1) is 13.7. The molecule has 0 amide bonds. The standard InChI is InChI=1S/C14H19FN2/c1-4-10(2)11(3)17-9-13-6-5-12(8-16)7-14(13)15/h5-7,10-11,17H,4,9H2,1-3H3. The van der Waals surface area contributed by atoms with Crippen molar-refractivity contribution in [1.29, 1.82) is 5.26 Å². The second-order valence-electron chi connectivity index (χ2n) is 4.47. The summed E-state index contributed by atoms with van der Waals surface area (Å²) in [6.07, 6.45) is 1.10. The summed E-state index contributed by atoms with van der Waals surface area (Å²) in [4.78, 5) is 0. The summed E-state index contributed by atoms with van der Waals surface area (Å²) in [6, 6.07) is 6.88. The summed E-state index contributed by atoms with van der Waals surface area (Å²) in [7, 11) is 0. The minimum Gasteiger partial charge on any atom is -0.310 e. The summed E-state index contributed by atoms with van der Waals surface area (Å²) in [6.45, 7) is 6.93. The van der Waals surface area contributed by atoms with E-state index >= 15 is 0 Å². The highest BCUT2D eigenvalue weighted by molar-refractivity contribution is 5.32. The molecule has 0 radical (unpaired) electrons. The zero-order valence-corrected chi connectivity index (χ0v) is 10.6. The Balaban J connectivity index is 2.61. The third-order valence-electron chi connectivity index (χ3n) is 3.29. The quantitative estimate of drug-likeness (QED) is 0.849. The highest BCUT2D eigenvalue weighted by Crippen LogP contribution is 2.12. The van der Waals surface area contributed by atoms with Crippen molar-refractivity contribution in [3.63, 3.8) is 0 Å². The lowest BCUT2D eigenvalue weighted by atomic mass is 10.0. The number of halogens is 1. The van der Waals surface area contributed by atoms with E-state index in [0.717, 1.165) is 6.42 Å². The summed E-state index contributed by atoms with van der Waals surface area (Å²) < 4.78 is 13.6. The van der Waals surface area contributed by atoms with Crippen molar-refractivity contribution < 1.29 is 4.39 Å². The van der Waals surface area contributed by atoms with Gasteiger partial charge in [-0.15, -0.1) is 0 Å². The summed E-state index contributed by atoms with van der Waals surface area (Å²) in [5, 5.41) is 11.9. The van der Waals surface area contributed by atoms with Crippen LogP contribution in [0.15, 0.2) is 18.2 Å². The van der Waals surface area contributed by atoms with Crippen LogP contribution in [0.2, 0.25) is 0 Å². The van der Waals surface area contributed by atoms with Gasteiger partial charge in [-0.2, -0.15) is 5.26 Å². The topological polar surface area (TPSA) is 35.8 Å². The predicted molar refractivity (Wildman–Crippen MR) is 66.9 cm³/mol. The molecule has 0 saturated heterocycles. The summed E-state index contributed by atoms with van der Waals surface area (Å²) in [5.41, 5.74) is 0.973. The van der Waals surface area contributed by atoms with Crippen LogP contribution in [-0.4, -0.2) is 6.04 Å². The number of rotatable bonds is 5. The van der Waals surface area contributed by atoms with Gasteiger partial charge in [0, 0.05) is 18.2 Å². The normalized spacial score (nSPS) is 14.1. The first-order valence-corrected chi connectivity index (χ1v) is 6.00. The van der Waals surface area contributed by atoms with Crippen molar-refractivity contribution in [3.05, 3.63) is 35.1 Å². The molecule has 0 aliphatic heterocycles. The van der Waals surface area contributed by atoms with Crippen LogP contribution in [0, 0.1) is 23.1 Å². The lowest BCUT2D eigenvalue weighted by Crippen LogP contribution is -2.31. The maximum atomic E-state index is 13.6. The fraction of sp³-hybridized carbons (Fsp3) is 0.500. The number of benzene rings is 1. The van der Waals surface area contributed by atoms with Gasteiger partial charge < -0.3 is 5.32 Å². The number of nitriles is 1. The molecule has 0 aliphatic rings. The van der Waals surface area contributed by atoms with Crippen LogP contribution in [0.4, 0.5) is 4.39 Å². The van der Waals surface area contributed by atoms with Gasteiger partial charge in [-0.1, -0.05) is 26.3 Å². The maximum Gasteiger partial charge on any atom is 0.129 e. The van der Waals surface area contributed by atoms with Gasteiger partial charge in [0.05, 0.1) is 11.6 Å². The number of nitrogens with zero attached hydrogens (tertiary/aromatic N) is 1. The van der Waals surface area contributed by atoms with E-state index in [0.29, 0.717) is 29.6 Å². The molecule has 2 unspecified atom stereocenters. The number of hydrogen-bond acceptors (Lipinski definition) is 2. The second-order valence-corrected chi connectivity index (χ2v) is 4.47. The Kier molecular flexibility index (Phi) is 5.11. The molecule has 0 bridgehead atoms. The van der Waals surface area contributed by atoms with Gasteiger partial charge in [0.2, 0.25) is 0 Å². The molecule has 1 rings (SSSR count). The van der Waals surface area contributed by atoms with Crippen molar-refractivity contribution in [2.75, 3.05) is 0 Å². The van der Waals surface area contributed by atoms with Gasteiger partial charge in [-0.25, -0.2) is 4.39 Å². The predicted octanol–water partition coefficient (Wildman–Crippen LogP) is 3.22. The molecule has 0 saturated carbocycles. The van der Waals surface area contributed by atoms with Crippen molar-refractivity contribution in [3.8, 4) is 6.07 Å². The maximum absolute atomic E-state index is 13.6. The van der Waals surface area contributed by atoms with Crippen molar-refractivity contribution in [2.45, 2.75) is 39.8 Å². The molecule has 2 nitrogen and oxygen atoms in total. The van der Waals surface area contributed by atoms with Crippen molar-refractivity contribution in [1.82, 2.24) is 5.32 Å². The average Bonchev–Trinajstić information content (AvgIpc) is 2.35. The molecule has 0 aromatic heterocycles. The number of nitrogens with one attached hydrogen (secondary N) is 1. The average molecular weight is 234 g/mol. The highest BCUT2D eigenvalue weighted by Gasteiger charge is 2.10. The Bertz CT molecular complexity index is 409. The van der Waals surface area contributed by atoms with Crippen LogP contribution in [0.3, 0.4) is 0 Å². The molecule has 1 N–H and O–H groups in total. The van der Waals surface area contributed by atoms with Crippen LogP contribution in [-0.2, 0) is 6.54 Å². The van der Waals surface area contributed by atoms with Crippen LogP contribution in [0.25, 0.3) is 0 Å².